The van der Waals surface area contributed by atoms with Gasteiger partial charge in [0, 0.05) is 5.39 Å². The predicted molar refractivity (Wildman–Crippen MR) is 62.9 cm³/mol. The van der Waals surface area contributed by atoms with E-state index < -0.39 is 0 Å². The van der Waals surface area contributed by atoms with E-state index in [1.165, 1.54) is 10.9 Å². The van der Waals surface area contributed by atoms with E-state index in [9.17, 15) is 0 Å². The average Bonchev–Trinajstić information content (AvgIpc) is 2.63. The minimum atomic E-state index is 0.821. The highest BCUT2D eigenvalue weighted by Gasteiger charge is 2.04. The lowest BCUT2D eigenvalue weighted by Gasteiger charge is -1.98. The summed E-state index contributed by atoms with van der Waals surface area (Å²) in [5, 5.41) is 4.54. The number of fused-ring (bicyclic) bond motifs is 1. The molecule has 80 valence electrons. The molecular formula is C13H17NO. The second-order valence-corrected chi connectivity index (χ2v) is 3.88. The van der Waals surface area contributed by atoms with E-state index in [0.717, 1.165) is 30.9 Å². The highest BCUT2D eigenvalue weighted by molar-refractivity contribution is 5.80. The largest absolute Gasteiger partial charge is 0.459 e. The van der Waals surface area contributed by atoms with E-state index in [0.29, 0.717) is 0 Å². The van der Waals surface area contributed by atoms with E-state index in [1.807, 2.05) is 0 Å². The summed E-state index contributed by atoms with van der Waals surface area (Å²) in [6.45, 7) is 6.10. The summed E-state index contributed by atoms with van der Waals surface area (Å²) in [7, 11) is 0. The molecule has 0 saturated heterocycles. The van der Waals surface area contributed by atoms with Gasteiger partial charge in [0.05, 0.1) is 6.54 Å². The summed E-state index contributed by atoms with van der Waals surface area (Å²) in [6.07, 6.45) is 1.15. The second kappa shape index (κ2) is 4.49. The van der Waals surface area contributed by atoms with Crippen LogP contribution in [0.25, 0.3) is 11.0 Å². The van der Waals surface area contributed by atoms with Gasteiger partial charge in [-0.25, -0.2) is 0 Å². The van der Waals surface area contributed by atoms with E-state index >= 15 is 0 Å². The molecule has 0 radical (unpaired) electrons. The van der Waals surface area contributed by atoms with Crippen molar-refractivity contribution in [2.75, 3.05) is 6.54 Å². The minimum Gasteiger partial charge on any atom is -0.459 e. The number of hydrogen-bond donors (Lipinski definition) is 1. The Morgan fingerprint density at radius 1 is 1.33 bits per heavy atom. The molecule has 0 aliphatic heterocycles. The van der Waals surface area contributed by atoms with Crippen molar-refractivity contribution < 1.29 is 4.42 Å². The van der Waals surface area contributed by atoms with Crippen LogP contribution in [0.5, 0.6) is 0 Å². The molecule has 1 aromatic heterocycles. The van der Waals surface area contributed by atoms with Gasteiger partial charge in [0.1, 0.15) is 11.3 Å². The summed E-state index contributed by atoms with van der Waals surface area (Å²) in [5.41, 5.74) is 2.22. The molecule has 1 N–H and O–H groups in total. The van der Waals surface area contributed by atoms with Crippen molar-refractivity contribution in [1.82, 2.24) is 5.32 Å². The molecule has 2 aromatic rings. The lowest BCUT2D eigenvalue weighted by atomic mass is 10.2. The fraction of sp³-hybridized carbons (Fsp3) is 0.385. The molecule has 0 unspecified atom stereocenters. The predicted octanol–water partition coefficient (Wildman–Crippen LogP) is 3.24. The molecule has 0 saturated carbocycles. The van der Waals surface area contributed by atoms with Crippen LogP contribution in [-0.2, 0) is 6.54 Å². The van der Waals surface area contributed by atoms with Crippen LogP contribution in [0.4, 0.5) is 0 Å². The van der Waals surface area contributed by atoms with Gasteiger partial charge in [-0.2, -0.15) is 0 Å². The quantitative estimate of drug-likeness (QED) is 0.772. The van der Waals surface area contributed by atoms with E-state index in [2.05, 4.69) is 43.4 Å². The fourth-order valence-electron chi connectivity index (χ4n) is 1.74. The third-order valence-electron chi connectivity index (χ3n) is 2.52. The van der Waals surface area contributed by atoms with Gasteiger partial charge in [-0.3, -0.25) is 0 Å². The zero-order valence-corrected chi connectivity index (χ0v) is 9.34. The Balaban J connectivity index is 2.20. The topological polar surface area (TPSA) is 25.2 Å². The van der Waals surface area contributed by atoms with Crippen LogP contribution in [0.15, 0.2) is 28.7 Å². The van der Waals surface area contributed by atoms with Crippen LogP contribution >= 0.6 is 0 Å². The molecule has 15 heavy (non-hydrogen) atoms. The molecule has 0 aliphatic rings. The first-order valence-electron chi connectivity index (χ1n) is 5.50. The summed E-state index contributed by atoms with van der Waals surface area (Å²) in [5.74, 6) is 1.02. The van der Waals surface area contributed by atoms with Crippen LogP contribution in [0.1, 0.15) is 24.7 Å². The highest BCUT2D eigenvalue weighted by Crippen LogP contribution is 2.22. The Kier molecular flexibility index (Phi) is 3.07. The molecule has 1 aromatic carbocycles. The van der Waals surface area contributed by atoms with Crippen molar-refractivity contribution in [3.05, 3.63) is 35.6 Å². The van der Waals surface area contributed by atoms with Gasteiger partial charge < -0.3 is 9.73 Å². The molecule has 0 aliphatic carbocycles. The summed E-state index contributed by atoms with van der Waals surface area (Å²) in [4.78, 5) is 0. The normalized spacial score (nSPS) is 11.1. The first kappa shape index (κ1) is 10.2. The van der Waals surface area contributed by atoms with Crippen molar-refractivity contribution in [2.45, 2.75) is 26.8 Å². The average molecular weight is 203 g/mol. The third-order valence-corrected chi connectivity index (χ3v) is 2.52. The van der Waals surface area contributed by atoms with Gasteiger partial charge in [0.25, 0.3) is 0 Å². The maximum atomic E-state index is 5.78. The van der Waals surface area contributed by atoms with Crippen molar-refractivity contribution in [2.24, 2.45) is 0 Å². The van der Waals surface area contributed by atoms with Gasteiger partial charge in [-0.05, 0) is 31.5 Å². The number of rotatable bonds is 4. The molecular weight excluding hydrogens is 186 g/mol. The number of nitrogens with one attached hydrogen (secondary N) is 1. The molecule has 0 amide bonds. The Bertz CT molecular complexity index is 445. The SMILES string of the molecule is CCCNCc1cc2cccc(C)c2o1. The maximum Gasteiger partial charge on any atom is 0.137 e. The van der Waals surface area contributed by atoms with Crippen LogP contribution in [0, 0.1) is 6.92 Å². The Morgan fingerprint density at radius 2 is 2.20 bits per heavy atom. The standard InChI is InChI=1S/C13H17NO/c1-3-7-14-9-12-8-11-6-4-5-10(2)13(11)15-12/h4-6,8,14H,3,7,9H2,1-2H3. The Labute approximate surface area is 90.3 Å². The summed E-state index contributed by atoms with van der Waals surface area (Å²) < 4.78 is 5.78. The van der Waals surface area contributed by atoms with Gasteiger partial charge in [0.15, 0.2) is 0 Å². The lowest BCUT2D eigenvalue weighted by molar-refractivity contribution is 0.512. The summed E-state index contributed by atoms with van der Waals surface area (Å²) in [6, 6.07) is 8.35. The number of furan rings is 1. The second-order valence-electron chi connectivity index (χ2n) is 3.88. The monoisotopic (exact) mass is 203 g/mol. The van der Waals surface area contributed by atoms with Crippen molar-refractivity contribution in [3.63, 3.8) is 0 Å². The fourth-order valence-corrected chi connectivity index (χ4v) is 1.74. The molecule has 2 nitrogen and oxygen atoms in total. The molecule has 0 atom stereocenters. The van der Waals surface area contributed by atoms with Crippen molar-refractivity contribution in [1.29, 1.82) is 0 Å². The van der Waals surface area contributed by atoms with E-state index in [-0.39, 0.29) is 0 Å². The summed E-state index contributed by atoms with van der Waals surface area (Å²) >= 11 is 0. The van der Waals surface area contributed by atoms with Gasteiger partial charge in [-0.1, -0.05) is 25.1 Å². The molecule has 1 heterocycles. The number of hydrogen-bond acceptors (Lipinski definition) is 2. The van der Waals surface area contributed by atoms with Crippen LogP contribution < -0.4 is 5.32 Å². The van der Waals surface area contributed by atoms with E-state index in [4.69, 9.17) is 4.42 Å². The van der Waals surface area contributed by atoms with Crippen molar-refractivity contribution >= 4 is 11.0 Å². The van der Waals surface area contributed by atoms with Gasteiger partial charge in [0.2, 0.25) is 0 Å². The molecule has 2 heteroatoms. The first-order chi connectivity index (χ1) is 7.31. The number of benzene rings is 1. The van der Waals surface area contributed by atoms with Crippen molar-refractivity contribution in [3.8, 4) is 0 Å². The molecule has 0 bridgehead atoms. The highest BCUT2D eigenvalue weighted by atomic mass is 16.3. The maximum absolute atomic E-state index is 5.78. The Hall–Kier alpha value is -1.28. The molecule has 0 spiro atoms. The van der Waals surface area contributed by atoms with Crippen LogP contribution in [0.2, 0.25) is 0 Å². The van der Waals surface area contributed by atoms with Gasteiger partial charge in [-0.15, -0.1) is 0 Å². The lowest BCUT2D eigenvalue weighted by Crippen LogP contribution is -2.12. The molecule has 2 rings (SSSR count). The minimum absolute atomic E-state index is 0.821. The first-order valence-corrected chi connectivity index (χ1v) is 5.50. The third kappa shape index (κ3) is 2.21. The smallest absolute Gasteiger partial charge is 0.137 e. The van der Waals surface area contributed by atoms with Crippen LogP contribution in [0.3, 0.4) is 0 Å². The molecule has 0 fully saturated rings. The van der Waals surface area contributed by atoms with E-state index in [1.54, 1.807) is 0 Å². The zero-order chi connectivity index (χ0) is 10.7. The van der Waals surface area contributed by atoms with Crippen LogP contribution in [-0.4, -0.2) is 6.54 Å². The number of aryl methyl sites for hydroxylation is 1. The van der Waals surface area contributed by atoms with Gasteiger partial charge >= 0.3 is 0 Å². The Morgan fingerprint density at radius 3 is 2.93 bits per heavy atom. The zero-order valence-electron chi connectivity index (χ0n) is 9.34. The number of para-hydroxylation sites is 1.